The lowest BCUT2D eigenvalue weighted by Gasteiger charge is -2.06. The second-order valence-corrected chi connectivity index (χ2v) is 6.50. The Kier molecular flexibility index (Phi) is 9.37. The van der Waals surface area contributed by atoms with Crippen molar-refractivity contribution in [3.05, 3.63) is 95.6 Å². The maximum atomic E-state index is 5.67. The number of aromatic nitrogens is 2. The quantitative estimate of drug-likeness (QED) is 0.342. The molecule has 0 atom stereocenters. The largest absolute Gasteiger partial charge is 0.375 e. The third-order valence-corrected chi connectivity index (χ3v) is 4.11. The first-order valence-electron chi connectivity index (χ1n) is 9.95. The fourth-order valence-electron chi connectivity index (χ4n) is 2.57. The zero-order chi connectivity index (χ0) is 20.7. The van der Waals surface area contributed by atoms with Crippen LogP contribution in [-0.2, 0) is 22.7 Å². The SMILES string of the molecule is C(=NCCOCc1ccc(COCCN=Cc2ccccn2)cc1)c1ccccn1. The number of rotatable bonds is 12. The molecule has 0 radical (unpaired) electrons. The highest BCUT2D eigenvalue weighted by molar-refractivity contribution is 5.77. The van der Waals surface area contributed by atoms with Crippen LogP contribution in [0.5, 0.6) is 0 Å². The fourth-order valence-corrected chi connectivity index (χ4v) is 2.57. The standard InChI is InChI=1S/C24H26N4O2/c1-3-11-27-23(5-1)17-25-13-15-29-19-21-7-9-22(10-8-21)20-30-16-14-26-18-24-6-2-4-12-28-24/h1-12,17-18H,13-16,19-20H2. The normalized spacial score (nSPS) is 11.5. The Balaban J connectivity index is 1.25. The van der Waals surface area contributed by atoms with Crippen LogP contribution < -0.4 is 0 Å². The molecule has 0 fully saturated rings. The predicted octanol–water partition coefficient (Wildman–Crippen LogP) is 3.75. The number of benzene rings is 1. The summed E-state index contributed by atoms with van der Waals surface area (Å²) in [5.74, 6) is 0. The van der Waals surface area contributed by atoms with Gasteiger partial charge in [-0.3, -0.25) is 20.0 Å². The van der Waals surface area contributed by atoms with Crippen molar-refractivity contribution in [2.75, 3.05) is 26.3 Å². The molecule has 3 aromatic rings. The van der Waals surface area contributed by atoms with Gasteiger partial charge in [0.05, 0.1) is 50.9 Å². The van der Waals surface area contributed by atoms with Crippen LogP contribution in [0.25, 0.3) is 0 Å². The Morgan fingerprint density at radius 3 is 1.50 bits per heavy atom. The summed E-state index contributed by atoms with van der Waals surface area (Å²) in [5.41, 5.74) is 3.98. The zero-order valence-corrected chi connectivity index (χ0v) is 16.9. The number of nitrogens with zero attached hydrogens (tertiary/aromatic N) is 4. The zero-order valence-electron chi connectivity index (χ0n) is 16.9. The number of pyridine rings is 2. The summed E-state index contributed by atoms with van der Waals surface area (Å²) in [5, 5.41) is 0. The summed E-state index contributed by atoms with van der Waals surface area (Å²) >= 11 is 0. The molecule has 0 amide bonds. The lowest BCUT2D eigenvalue weighted by molar-refractivity contribution is 0.126. The van der Waals surface area contributed by atoms with Gasteiger partial charge in [-0.25, -0.2) is 0 Å². The van der Waals surface area contributed by atoms with Crippen molar-refractivity contribution in [2.24, 2.45) is 9.98 Å². The Morgan fingerprint density at radius 2 is 1.10 bits per heavy atom. The van der Waals surface area contributed by atoms with Gasteiger partial charge < -0.3 is 9.47 Å². The molecule has 0 aliphatic heterocycles. The van der Waals surface area contributed by atoms with E-state index in [2.05, 4.69) is 44.2 Å². The van der Waals surface area contributed by atoms with E-state index in [9.17, 15) is 0 Å². The first kappa shape index (κ1) is 21.5. The van der Waals surface area contributed by atoms with Gasteiger partial charge in [-0.1, -0.05) is 36.4 Å². The lowest BCUT2D eigenvalue weighted by Crippen LogP contribution is -2.01. The van der Waals surface area contributed by atoms with Gasteiger partial charge in [0.2, 0.25) is 0 Å². The summed E-state index contributed by atoms with van der Waals surface area (Å²) in [6.45, 7) is 3.53. The van der Waals surface area contributed by atoms with Crippen LogP contribution in [0.4, 0.5) is 0 Å². The fraction of sp³-hybridized carbons (Fsp3) is 0.250. The molecule has 2 aromatic heterocycles. The number of aliphatic imine (C=N–C) groups is 2. The highest BCUT2D eigenvalue weighted by atomic mass is 16.5. The van der Waals surface area contributed by atoms with Crippen LogP contribution in [0.1, 0.15) is 22.5 Å². The van der Waals surface area contributed by atoms with E-state index >= 15 is 0 Å². The average molecular weight is 402 g/mol. The molecule has 0 N–H and O–H groups in total. The summed E-state index contributed by atoms with van der Waals surface area (Å²) in [4.78, 5) is 17.0. The van der Waals surface area contributed by atoms with E-state index in [0.717, 1.165) is 22.5 Å². The number of hydrogen-bond donors (Lipinski definition) is 0. The maximum absolute atomic E-state index is 5.67. The minimum atomic E-state index is 0.572. The van der Waals surface area contributed by atoms with E-state index < -0.39 is 0 Å². The molecule has 0 saturated heterocycles. The maximum Gasteiger partial charge on any atom is 0.0807 e. The van der Waals surface area contributed by atoms with Gasteiger partial charge in [-0.15, -0.1) is 0 Å². The molecule has 6 nitrogen and oxygen atoms in total. The molecule has 2 heterocycles. The Labute approximate surface area is 177 Å². The topological polar surface area (TPSA) is 69.0 Å². The van der Waals surface area contributed by atoms with Crippen LogP contribution in [0.15, 0.2) is 83.0 Å². The van der Waals surface area contributed by atoms with Gasteiger partial charge in [-0.2, -0.15) is 0 Å². The van der Waals surface area contributed by atoms with E-state index in [-0.39, 0.29) is 0 Å². The highest BCUT2D eigenvalue weighted by Gasteiger charge is 1.97. The second-order valence-electron chi connectivity index (χ2n) is 6.50. The van der Waals surface area contributed by atoms with Crippen molar-refractivity contribution in [3.63, 3.8) is 0 Å². The number of hydrogen-bond acceptors (Lipinski definition) is 6. The molecule has 30 heavy (non-hydrogen) atoms. The van der Waals surface area contributed by atoms with Gasteiger partial charge in [0.15, 0.2) is 0 Å². The van der Waals surface area contributed by atoms with Gasteiger partial charge in [0.25, 0.3) is 0 Å². The first-order valence-corrected chi connectivity index (χ1v) is 9.95. The molecule has 0 saturated carbocycles. The smallest absolute Gasteiger partial charge is 0.0807 e. The molecule has 154 valence electrons. The van der Waals surface area contributed by atoms with E-state index in [1.165, 1.54) is 0 Å². The van der Waals surface area contributed by atoms with Gasteiger partial charge >= 0.3 is 0 Å². The van der Waals surface area contributed by atoms with Gasteiger partial charge in [-0.05, 0) is 35.4 Å². The Morgan fingerprint density at radius 1 is 0.633 bits per heavy atom. The van der Waals surface area contributed by atoms with E-state index in [0.29, 0.717) is 39.5 Å². The summed E-state index contributed by atoms with van der Waals surface area (Å²) in [6, 6.07) is 19.8. The molecular weight excluding hydrogens is 376 g/mol. The van der Waals surface area contributed by atoms with Crippen molar-refractivity contribution in [3.8, 4) is 0 Å². The lowest BCUT2D eigenvalue weighted by atomic mass is 10.1. The van der Waals surface area contributed by atoms with Crippen molar-refractivity contribution >= 4 is 12.4 Å². The molecular formula is C24H26N4O2. The van der Waals surface area contributed by atoms with Crippen LogP contribution in [-0.4, -0.2) is 48.7 Å². The van der Waals surface area contributed by atoms with Crippen LogP contribution in [0, 0.1) is 0 Å². The summed E-state index contributed by atoms with van der Waals surface area (Å²) in [7, 11) is 0. The summed E-state index contributed by atoms with van der Waals surface area (Å²) in [6.07, 6.45) is 7.04. The summed E-state index contributed by atoms with van der Waals surface area (Å²) < 4.78 is 11.3. The van der Waals surface area contributed by atoms with Gasteiger partial charge in [0.1, 0.15) is 0 Å². The van der Waals surface area contributed by atoms with Gasteiger partial charge in [0, 0.05) is 24.8 Å². The Bertz CT molecular complexity index is 821. The molecule has 1 aromatic carbocycles. The molecule has 0 spiro atoms. The monoisotopic (exact) mass is 402 g/mol. The molecule has 0 aliphatic rings. The Hall–Kier alpha value is -3.22. The average Bonchev–Trinajstić information content (AvgIpc) is 2.81. The first-order chi connectivity index (χ1) is 14.9. The third-order valence-electron chi connectivity index (χ3n) is 4.11. The molecule has 3 rings (SSSR count). The minimum absolute atomic E-state index is 0.572. The predicted molar refractivity (Wildman–Crippen MR) is 119 cm³/mol. The van der Waals surface area contributed by atoms with E-state index in [4.69, 9.17) is 9.47 Å². The molecule has 0 aliphatic carbocycles. The number of ether oxygens (including phenoxy) is 2. The highest BCUT2D eigenvalue weighted by Crippen LogP contribution is 2.07. The van der Waals surface area contributed by atoms with E-state index in [1.54, 1.807) is 24.8 Å². The van der Waals surface area contributed by atoms with Crippen LogP contribution in [0.3, 0.4) is 0 Å². The second kappa shape index (κ2) is 13.1. The molecule has 6 heteroatoms. The van der Waals surface area contributed by atoms with Crippen molar-refractivity contribution in [1.29, 1.82) is 0 Å². The van der Waals surface area contributed by atoms with E-state index in [1.807, 2.05) is 36.4 Å². The minimum Gasteiger partial charge on any atom is -0.375 e. The van der Waals surface area contributed by atoms with Crippen LogP contribution >= 0.6 is 0 Å². The van der Waals surface area contributed by atoms with Crippen molar-refractivity contribution in [2.45, 2.75) is 13.2 Å². The van der Waals surface area contributed by atoms with Crippen molar-refractivity contribution in [1.82, 2.24) is 9.97 Å². The van der Waals surface area contributed by atoms with Crippen molar-refractivity contribution < 1.29 is 9.47 Å². The van der Waals surface area contributed by atoms with Crippen LogP contribution in [0.2, 0.25) is 0 Å². The molecule has 0 unspecified atom stereocenters. The molecule has 0 bridgehead atoms. The third kappa shape index (κ3) is 8.43.